The van der Waals surface area contributed by atoms with Gasteiger partial charge in [0, 0.05) is 19.0 Å². The zero-order chi connectivity index (χ0) is 12.0. The van der Waals surface area contributed by atoms with Crippen molar-refractivity contribution in [3.05, 3.63) is 24.4 Å². The predicted octanol–water partition coefficient (Wildman–Crippen LogP) is 1.52. The van der Waals surface area contributed by atoms with Crippen molar-refractivity contribution < 1.29 is 14.7 Å². The van der Waals surface area contributed by atoms with E-state index >= 15 is 0 Å². The number of aliphatic carboxylic acids is 1. The van der Waals surface area contributed by atoms with Gasteiger partial charge in [-0.15, -0.1) is 0 Å². The van der Waals surface area contributed by atoms with E-state index in [0.29, 0.717) is 5.82 Å². The minimum Gasteiger partial charge on any atom is -0.481 e. The molecule has 0 aliphatic carbocycles. The molecule has 1 aromatic heterocycles. The summed E-state index contributed by atoms with van der Waals surface area (Å²) in [7, 11) is 0. The Labute approximate surface area is 93.5 Å². The summed E-state index contributed by atoms with van der Waals surface area (Å²) in [4.78, 5) is 25.8. The fourth-order valence-corrected chi connectivity index (χ4v) is 1.32. The summed E-state index contributed by atoms with van der Waals surface area (Å²) in [5, 5.41) is 11.1. The zero-order valence-corrected chi connectivity index (χ0v) is 9.01. The maximum Gasteiger partial charge on any atom is 0.303 e. The highest BCUT2D eigenvalue weighted by Gasteiger charge is 2.12. The number of pyridine rings is 1. The lowest BCUT2D eigenvalue weighted by atomic mass is 10.0. The molecule has 1 heterocycles. The average Bonchev–Trinajstić information content (AvgIpc) is 2.17. The number of carbonyl (C=O) groups is 2. The molecule has 0 saturated carbocycles. The van der Waals surface area contributed by atoms with Crippen molar-refractivity contribution in [2.24, 2.45) is 5.92 Å². The van der Waals surface area contributed by atoms with Crippen LogP contribution in [0.4, 0.5) is 5.82 Å². The van der Waals surface area contributed by atoms with E-state index in [-0.39, 0.29) is 24.7 Å². The van der Waals surface area contributed by atoms with Crippen LogP contribution < -0.4 is 5.32 Å². The van der Waals surface area contributed by atoms with Crippen molar-refractivity contribution in [2.45, 2.75) is 19.8 Å². The van der Waals surface area contributed by atoms with Gasteiger partial charge in [-0.2, -0.15) is 0 Å². The number of nitrogens with zero attached hydrogens (tertiary/aromatic N) is 1. The number of nitrogens with one attached hydrogen (secondary N) is 1. The molecule has 16 heavy (non-hydrogen) atoms. The third kappa shape index (κ3) is 4.54. The van der Waals surface area contributed by atoms with E-state index in [1.54, 1.807) is 31.3 Å². The van der Waals surface area contributed by atoms with E-state index in [2.05, 4.69) is 10.3 Å². The molecule has 0 aliphatic rings. The molecule has 0 aromatic carbocycles. The minimum absolute atomic E-state index is 0.00433. The zero-order valence-electron chi connectivity index (χ0n) is 9.01. The molecule has 0 saturated heterocycles. The van der Waals surface area contributed by atoms with Gasteiger partial charge in [0.2, 0.25) is 5.91 Å². The molecule has 0 aliphatic heterocycles. The second-order valence-corrected chi connectivity index (χ2v) is 3.67. The van der Waals surface area contributed by atoms with Gasteiger partial charge in [0.15, 0.2) is 0 Å². The van der Waals surface area contributed by atoms with Gasteiger partial charge in [-0.25, -0.2) is 4.98 Å². The molecular weight excluding hydrogens is 208 g/mol. The quantitative estimate of drug-likeness (QED) is 0.791. The van der Waals surface area contributed by atoms with Crippen LogP contribution in [0.1, 0.15) is 19.8 Å². The smallest absolute Gasteiger partial charge is 0.303 e. The molecule has 0 radical (unpaired) electrons. The van der Waals surface area contributed by atoms with Crippen LogP contribution in [0.2, 0.25) is 0 Å². The van der Waals surface area contributed by atoms with E-state index in [9.17, 15) is 9.59 Å². The molecular formula is C11H14N2O3. The number of carbonyl (C=O) groups excluding carboxylic acids is 1. The summed E-state index contributed by atoms with van der Waals surface area (Å²) in [6.07, 6.45) is 1.76. The maximum absolute atomic E-state index is 11.5. The first-order valence-corrected chi connectivity index (χ1v) is 5.00. The molecule has 1 rings (SSSR count). The van der Waals surface area contributed by atoms with E-state index < -0.39 is 5.97 Å². The monoisotopic (exact) mass is 222 g/mol. The van der Waals surface area contributed by atoms with Crippen LogP contribution in [0, 0.1) is 5.92 Å². The summed E-state index contributed by atoms with van der Waals surface area (Å²) in [6, 6.07) is 5.20. The lowest BCUT2D eigenvalue weighted by molar-refractivity contribution is -0.138. The normalized spacial score (nSPS) is 11.8. The fraction of sp³-hybridized carbons (Fsp3) is 0.364. The molecule has 0 spiro atoms. The van der Waals surface area contributed by atoms with Crippen LogP contribution in [0.3, 0.4) is 0 Å². The Hall–Kier alpha value is -1.91. The van der Waals surface area contributed by atoms with Gasteiger partial charge < -0.3 is 10.4 Å². The van der Waals surface area contributed by atoms with Crippen LogP contribution in [-0.2, 0) is 9.59 Å². The second kappa shape index (κ2) is 5.85. The van der Waals surface area contributed by atoms with E-state index in [1.807, 2.05) is 0 Å². The van der Waals surface area contributed by atoms with E-state index in [1.165, 1.54) is 0 Å². The van der Waals surface area contributed by atoms with Gasteiger partial charge in [0.05, 0.1) is 0 Å². The summed E-state index contributed by atoms with van der Waals surface area (Å²) in [5.74, 6) is -0.804. The van der Waals surface area contributed by atoms with E-state index in [4.69, 9.17) is 5.11 Å². The third-order valence-corrected chi connectivity index (χ3v) is 1.99. The Kier molecular flexibility index (Phi) is 4.44. The van der Waals surface area contributed by atoms with Crippen LogP contribution in [0.5, 0.6) is 0 Å². The molecule has 5 nitrogen and oxygen atoms in total. The van der Waals surface area contributed by atoms with Crippen molar-refractivity contribution in [3.8, 4) is 0 Å². The summed E-state index contributed by atoms with van der Waals surface area (Å²) in [5.41, 5.74) is 0. The molecule has 5 heteroatoms. The highest BCUT2D eigenvalue weighted by Crippen LogP contribution is 2.09. The first-order valence-electron chi connectivity index (χ1n) is 5.00. The molecule has 0 bridgehead atoms. The lowest BCUT2D eigenvalue weighted by Gasteiger charge is -2.08. The molecule has 0 fully saturated rings. The minimum atomic E-state index is -0.891. The molecule has 1 amide bonds. The molecule has 1 aromatic rings. The van der Waals surface area contributed by atoms with Gasteiger partial charge >= 0.3 is 5.97 Å². The van der Waals surface area contributed by atoms with Gasteiger partial charge in [0.1, 0.15) is 5.82 Å². The van der Waals surface area contributed by atoms with Gasteiger partial charge in [-0.1, -0.05) is 13.0 Å². The second-order valence-electron chi connectivity index (χ2n) is 3.67. The number of hydrogen-bond donors (Lipinski definition) is 2. The van der Waals surface area contributed by atoms with E-state index in [0.717, 1.165) is 0 Å². The molecule has 1 atom stereocenters. The first kappa shape index (κ1) is 12.2. The van der Waals surface area contributed by atoms with Crippen LogP contribution in [0.25, 0.3) is 0 Å². The number of aromatic nitrogens is 1. The van der Waals surface area contributed by atoms with Crippen molar-refractivity contribution >= 4 is 17.7 Å². The lowest BCUT2D eigenvalue weighted by Crippen LogP contribution is -2.17. The standard InChI is InChI=1S/C11H14N2O3/c1-8(7-11(15)16)6-10(14)13-9-4-2-3-5-12-9/h2-5,8H,6-7H2,1H3,(H,15,16)(H,12,13,14)/t8-/m1/s1. The van der Waals surface area contributed by atoms with Crippen LogP contribution >= 0.6 is 0 Å². The number of carboxylic acids is 1. The Morgan fingerprint density at radius 3 is 2.75 bits per heavy atom. The number of anilines is 1. The Bertz CT molecular complexity index is 365. The molecule has 2 N–H and O–H groups in total. The summed E-state index contributed by atoms with van der Waals surface area (Å²) < 4.78 is 0. The van der Waals surface area contributed by atoms with Crippen LogP contribution in [0.15, 0.2) is 24.4 Å². The Balaban J connectivity index is 2.39. The number of rotatable bonds is 5. The number of hydrogen-bond acceptors (Lipinski definition) is 3. The number of carboxylic acid groups (broad SMARTS) is 1. The van der Waals surface area contributed by atoms with Crippen LogP contribution in [-0.4, -0.2) is 22.0 Å². The van der Waals surface area contributed by atoms with Gasteiger partial charge in [-0.05, 0) is 18.1 Å². The van der Waals surface area contributed by atoms with Gasteiger partial charge in [-0.3, -0.25) is 9.59 Å². The van der Waals surface area contributed by atoms with Gasteiger partial charge in [0.25, 0.3) is 0 Å². The first-order chi connectivity index (χ1) is 7.58. The van der Waals surface area contributed by atoms with Crippen molar-refractivity contribution in [2.75, 3.05) is 5.32 Å². The Morgan fingerprint density at radius 2 is 2.19 bits per heavy atom. The predicted molar refractivity (Wildman–Crippen MR) is 58.9 cm³/mol. The molecule has 0 unspecified atom stereocenters. The highest BCUT2D eigenvalue weighted by atomic mass is 16.4. The third-order valence-electron chi connectivity index (χ3n) is 1.99. The van der Waals surface area contributed by atoms with Crippen molar-refractivity contribution in [3.63, 3.8) is 0 Å². The van der Waals surface area contributed by atoms with Crippen molar-refractivity contribution in [1.29, 1.82) is 0 Å². The topological polar surface area (TPSA) is 79.3 Å². The number of amides is 1. The van der Waals surface area contributed by atoms with Crippen molar-refractivity contribution in [1.82, 2.24) is 4.98 Å². The highest BCUT2D eigenvalue weighted by molar-refractivity contribution is 5.90. The summed E-state index contributed by atoms with van der Waals surface area (Å²) >= 11 is 0. The largest absolute Gasteiger partial charge is 0.481 e. The Morgan fingerprint density at radius 1 is 1.44 bits per heavy atom. The average molecular weight is 222 g/mol. The SMILES string of the molecule is C[C@@H](CC(=O)O)CC(=O)Nc1ccccn1. The summed E-state index contributed by atoms with van der Waals surface area (Å²) in [6.45, 7) is 1.73. The molecule has 86 valence electrons. The fourth-order valence-electron chi connectivity index (χ4n) is 1.32. The maximum atomic E-state index is 11.5.